The fourth-order valence-electron chi connectivity index (χ4n) is 1.96. The van der Waals surface area contributed by atoms with Gasteiger partial charge in [-0.15, -0.1) is 11.3 Å². The van der Waals surface area contributed by atoms with E-state index in [0.717, 1.165) is 26.4 Å². The van der Waals surface area contributed by atoms with E-state index in [2.05, 4.69) is 27.5 Å². The first-order valence-electron chi connectivity index (χ1n) is 6.15. The van der Waals surface area contributed by atoms with Gasteiger partial charge in [-0.3, -0.25) is 4.79 Å². The van der Waals surface area contributed by atoms with Crippen LogP contribution in [0.3, 0.4) is 0 Å². The highest BCUT2D eigenvalue weighted by Crippen LogP contribution is 2.37. The second-order valence-electron chi connectivity index (χ2n) is 4.37. The minimum atomic E-state index is 0.151. The Morgan fingerprint density at radius 2 is 2.05 bits per heavy atom. The molecule has 0 radical (unpaired) electrons. The molecule has 2 aromatic heterocycles. The maximum Gasteiger partial charge on any atom is 0.140 e. The van der Waals surface area contributed by atoms with Crippen molar-refractivity contribution in [2.75, 3.05) is 5.75 Å². The Balaban J connectivity index is 2.12. The lowest BCUT2D eigenvalue weighted by Gasteiger charge is -2.04. The quantitative estimate of drug-likeness (QED) is 0.539. The number of ketones is 1. The van der Waals surface area contributed by atoms with E-state index in [1.165, 1.54) is 11.8 Å². The second kappa shape index (κ2) is 5.73. The molecule has 3 nitrogen and oxygen atoms in total. The molecule has 0 N–H and O–H groups in total. The van der Waals surface area contributed by atoms with Crippen LogP contribution in [0, 0.1) is 0 Å². The number of hydrogen-bond acceptors (Lipinski definition) is 5. The number of nitrogens with zero attached hydrogens (tertiary/aromatic N) is 2. The minimum Gasteiger partial charge on any atom is -0.299 e. The average molecular weight is 300 g/mol. The summed E-state index contributed by atoms with van der Waals surface area (Å²) in [6.07, 6.45) is 1.57. The van der Waals surface area contributed by atoms with Gasteiger partial charge in [0.1, 0.15) is 22.0 Å². The van der Waals surface area contributed by atoms with Gasteiger partial charge in [-0.1, -0.05) is 42.1 Å². The van der Waals surface area contributed by atoms with Crippen molar-refractivity contribution in [1.82, 2.24) is 9.97 Å². The van der Waals surface area contributed by atoms with Crippen molar-refractivity contribution in [3.05, 3.63) is 42.0 Å². The van der Waals surface area contributed by atoms with E-state index in [1.807, 2.05) is 18.2 Å². The third kappa shape index (κ3) is 2.59. The van der Waals surface area contributed by atoms with Crippen LogP contribution in [-0.4, -0.2) is 21.5 Å². The minimum absolute atomic E-state index is 0.151. The van der Waals surface area contributed by atoms with E-state index < -0.39 is 0 Å². The zero-order valence-corrected chi connectivity index (χ0v) is 12.5. The van der Waals surface area contributed by atoms with Crippen LogP contribution in [-0.2, 0) is 4.79 Å². The molecule has 2 heterocycles. The molecule has 0 spiro atoms. The Hall–Kier alpha value is -1.72. The lowest BCUT2D eigenvalue weighted by molar-refractivity contribution is -0.114. The van der Waals surface area contributed by atoms with Crippen LogP contribution >= 0.6 is 23.1 Å². The summed E-state index contributed by atoms with van der Waals surface area (Å²) in [6, 6.07) is 10.2. The first kappa shape index (κ1) is 13.3. The predicted molar refractivity (Wildman–Crippen MR) is 84.3 cm³/mol. The summed E-state index contributed by atoms with van der Waals surface area (Å²) in [4.78, 5) is 20.8. The first-order chi connectivity index (χ1) is 9.75. The van der Waals surface area contributed by atoms with Crippen LogP contribution in [0.5, 0.6) is 0 Å². The van der Waals surface area contributed by atoms with E-state index in [4.69, 9.17) is 0 Å². The lowest BCUT2D eigenvalue weighted by Crippen LogP contribution is -1.94. The van der Waals surface area contributed by atoms with E-state index in [-0.39, 0.29) is 5.78 Å². The van der Waals surface area contributed by atoms with Gasteiger partial charge in [0, 0.05) is 10.9 Å². The van der Waals surface area contributed by atoms with E-state index in [9.17, 15) is 4.79 Å². The summed E-state index contributed by atoms with van der Waals surface area (Å²) in [6.45, 7) is 1.59. The monoisotopic (exact) mass is 300 g/mol. The molecular formula is C15H12N2OS2. The average Bonchev–Trinajstić information content (AvgIpc) is 2.90. The molecule has 0 saturated carbocycles. The first-order valence-corrected chi connectivity index (χ1v) is 8.02. The molecule has 1 aromatic carbocycles. The van der Waals surface area contributed by atoms with Gasteiger partial charge in [0.05, 0.1) is 11.1 Å². The van der Waals surface area contributed by atoms with Gasteiger partial charge in [-0.25, -0.2) is 9.97 Å². The molecule has 3 rings (SSSR count). The zero-order valence-electron chi connectivity index (χ0n) is 10.9. The summed E-state index contributed by atoms with van der Waals surface area (Å²) in [5.74, 6) is 0.592. The van der Waals surface area contributed by atoms with Gasteiger partial charge in [0.15, 0.2) is 0 Å². The number of fused-ring (bicyclic) bond motifs is 1. The van der Waals surface area contributed by atoms with E-state index >= 15 is 0 Å². The number of carbonyl (C=O) groups is 1. The SMILES string of the molecule is CC(=O)CSc1ncnc2scc(-c3ccccc3)c12. The Labute approximate surface area is 125 Å². The number of aromatic nitrogens is 2. The molecule has 3 aromatic rings. The Bertz CT molecular complexity index is 753. The number of carbonyl (C=O) groups excluding carboxylic acids is 1. The summed E-state index contributed by atoms with van der Waals surface area (Å²) in [5, 5.41) is 4.03. The molecule has 100 valence electrons. The Morgan fingerprint density at radius 3 is 2.80 bits per heavy atom. The largest absolute Gasteiger partial charge is 0.299 e. The fourth-order valence-corrected chi connectivity index (χ4v) is 3.75. The van der Waals surface area contributed by atoms with Gasteiger partial charge < -0.3 is 0 Å². The zero-order chi connectivity index (χ0) is 13.9. The molecule has 0 aliphatic heterocycles. The Kier molecular flexibility index (Phi) is 3.80. The van der Waals surface area contributed by atoms with Crippen molar-refractivity contribution in [2.24, 2.45) is 0 Å². The molecule has 0 unspecified atom stereocenters. The highest BCUT2D eigenvalue weighted by Gasteiger charge is 2.13. The van der Waals surface area contributed by atoms with E-state index in [1.54, 1.807) is 24.6 Å². The van der Waals surface area contributed by atoms with Crippen LogP contribution in [0.15, 0.2) is 47.1 Å². The summed E-state index contributed by atoms with van der Waals surface area (Å²) >= 11 is 3.09. The number of hydrogen-bond donors (Lipinski definition) is 0. The molecule has 0 amide bonds. The molecule has 0 aliphatic rings. The summed E-state index contributed by atoms with van der Waals surface area (Å²) < 4.78 is 0. The van der Waals surface area contributed by atoms with Crippen molar-refractivity contribution in [1.29, 1.82) is 0 Å². The molecule has 0 aliphatic carbocycles. The Morgan fingerprint density at radius 1 is 1.25 bits per heavy atom. The van der Waals surface area contributed by atoms with Crippen molar-refractivity contribution in [3.63, 3.8) is 0 Å². The third-order valence-electron chi connectivity index (χ3n) is 2.83. The molecular weight excluding hydrogens is 288 g/mol. The van der Waals surface area contributed by atoms with Crippen LogP contribution < -0.4 is 0 Å². The standard InChI is InChI=1S/C15H12N2OS2/c1-10(18)7-19-14-13-12(11-5-3-2-4-6-11)8-20-15(13)17-9-16-14/h2-6,8-9H,7H2,1H3. The molecule has 0 bridgehead atoms. The molecule has 5 heteroatoms. The van der Waals surface area contributed by atoms with Crippen LogP contribution in [0.1, 0.15) is 6.92 Å². The molecule has 0 atom stereocenters. The second-order valence-corrected chi connectivity index (χ2v) is 6.19. The van der Waals surface area contributed by atoms with Crippen molar-refractivity contribution < 1.29 is 4.79 Å². The lowest BCUT2D eigenvalue weighted by atomic mass is 10.1. The number of Topliss-reactive ketones (excluding diaryl/α,β-unsaturated/α-hetero) is 1. The van der Waals surface area contributed by atoms with Gasteiger partial charge in [0.2, 0.25) is 0 Å². The fraction of sp³-hybridized carbons (Fsp3) is 0.133. The van der Waals surface area contributed by atoms with Gasteiger partial charge in [-0.05, 0) is 12.5 Å². The van der Waals surface area contributed by atoms with Crippen LogP contribution in [0.25, 0.3) is 21.3 Å². The highest BCUT2D eigenvalue weighted by molar-refractivity contribution is 8.00. The highest BCUT2D eigenvalue weighted by atomic mass is 32.2. The number of benzene rings is 1. The summed E-state index contributed by atoms with van der Waals surface area (Å²) in [5.41, 5.74) is 2.29. The predicted octanol–water partition coefficient (Wildman–Crippen LogP) is 4.04. The number of thioether (sulfide) groups is 1. The number of rotatable bonds is 4. The van der Waals surface area contributed by atoms with Crippen molar-refractivity contribution in [3.8, 4) is 11.1 Å². The van der Waals surface area contributed by atoms with Crippen molar-refractivity contribution in [2.45, 2.75) is 11.9 Å². The van der Waals surface area contributed by atoms with Crippen molar-refractivity contribution >= 4 is 39.1 Å². The van der Waals surface area contributed by atoms with Gasteiger partial charge >= 0.3 is 0 Å². The molecule has 20 heavy (non-hydrogen) atoms. The maximum atomic E-state index is 11.2. The van der Waals surface area contributed by atoms with Gasteiger partial charge in [-0.2, -0.15) is 0 Å². The summed E-state index contributed by atoms with van der Waals surface area (Å²) in [7, 11) is 0. The van der Waals surface area contributed by atoms with Gasteiger partial charge in [0.25, 0.3) is 0 Å². The molecule has 0 fully saturated rings. The number of thiophene rings is 1. The van der Waals surface area contributed by atoms with E-state index in [0.29, 0.717) is 5.75 Å². The van der Waals surface area contributed by atoms with Crippen LogP contribution in [0.4, 0.5) is 0 Å². The third-order valence-corrected chi connectivity index (χ3v) is 4.85. The molecule has 0 saturated heterocycles. The van der Waals surface area contributed by atoms with Crippen LogP contribution in [0.2, 0.25) is 0 Å². The topological polar surface area (TPSA) is 42.9 Å². The normalized spacial score (nSPS) is 10.8. The maximum absolute atomic E-state index is 11.2. The smallest absolute Gasteiger partial charge is 0.140 e.